The summed E-state index contributed by atoms with van der Waals surface area (Å²) in [5.41, 5.74) is 0. The summed E-state index contributed by atoms with van der Waals surface area (Å²) in [5, 5.41) is 3.16. The predicted octanol–water partition coefficient (Wildman–Crippen LogP) is 2.01. The van der Waals surface area contributed by atoms with Crippen LogP contribution in [-0.4, -0.2) is 42.8 Å². The average molecular weight is 236 g/mol. The molecule has 5 heteroatoms. The van der Waals surface area contributed by atoms with Gasteiger partial charge >= 0.3 is 6.18 Å². The van der Waals surface area contributed by atoms with E-state index in [-0.39, 0.29) is 6.04 Å². The van der Waals surface area contributed by atoms with E-state index >= 15 is 0 Å². The Kier molecular flexibility index (Phi) is 3.45. The number of rotatable bonds is 3. The molecule has 2 saturated heterocycles. The topological polar surface area (TPSA) is 15.3 Å². The van der Waals surface area contributed by atoms with Gasteiger partial charge in [0, 0.05) is 18.6 Å². The second-order valence-corrected chi connectivity index (χ2v) is 5.13. The Labute approximate surface area is 94.2 Å². The maximum absolute atomic E-state index is 12.2. The molecule has 2 nitrogen and oxygen atoms in total. The Hall–Kier alpha value is -0.290. The van der Waals surface area contributed by atoms with Gasteiger partial charge in [0.1, 0.15) is 0 Å². The third kappa shape index (κ3) is 3.10. The number of alkyl halides is 3. The average Bonchev–Trinajstić information content (AvgIpc) is 2.51. The van der Waals surface area contributed by atoms with Gasteiger partial charge in [-0.15, -0.1) is 0 Å². The molecule has 0 aromatic rings. The number of halogens is 3. The van der Waals surface area contributed by atoms with Crippen LogP contribution in [0, 0.1) is 5.92 Å². The summed E-state index contributed by atoms with van der Waals surface area (Å²) < 4.78 is 36.6. The van der Waals surface area contributed by atoms with Crippen molar-refractivity contribution >= 4 is 0 Å². The zero-order valence-electron chi connectivity index (χ0n) is 9.56. The lowest BCUT2D eigenvalue weighted by Gasteiger charge is -2.33. The molecule has 4 unspecified atom stereocenters. The Bertz CT molecular complexity index is 242. The molecule has 2 heterocycles. The minimum atomic E-state index is -4.05. The van der Waals surface area contributed by atoms with Crippen molar-refractivity contribution in [1.29, 1.82) is 0 Å². The third-order valence-corrected chi connectivity index (χ3v) is 3.67. The Balaban J connectivity index is 1.80. The van der Waals surface area contributed by atoms with E-state index in [0.717, 1.165) is 32.5 Å². The molecule has 0 aliphatic carbocycles. The molecular formula is C11H19F3N2. The molecule has 2 bridgehead atoms. The Morgan fingerprint density at radius 3 is 2.69 bits per heavy atom. The molecule has 0 saturated carbocycles. The summed E-state index contributed by atoms with van der Waals surface area (Å²) in [5.74, 6) is 0.560. The maximum Gasteiger partial charge on any atom is 0.390 e. The predicted molar refractivity (Wildman–Crippen MR) is 56.2 cm³/mol. The van der Waals surface area contributed by atoms with Crippen molar-refractivity contribution in [3.8, 4) is 0 Å². The summed E-state index contributed by atoms with van der Waals surface area (Å²) in [6.07, 6.45) is -2.65. The second kappa shape index (κ2) is 4.53. The SMILES string of the molecule is CC(CC(F)(F)F)NC1CCN2CCC1C2. The Morgan fingerprint density at radius 2 is 2.00 bits per heavy atom. The fourth-order valence-electron chi connectivity index (χ4n) is 2.94. The first kappa shape index (κ1) is 12.2. The van der Waals surface area contributed by atoms with Gasteiger partial charge in [-0.05, 0) is 38.8 Å². The van der Waals surface area contributed by atoms with Crippen LogP contribution in [0.2, 0.25) is 0 Å². The maximum atomic E-state index is 12.2. The van der Waals surface area contributed by atoms with Crippen molar-refractivity contribution < 1.29 is 13.2 Å². The van der Waals surface area contributed by atoms with Crippen molar-refractivity contribution in [3.05, 3.63) is 0 Å². The van der Waals surface area contributed by atoms with Crippen LogP contribution in [0.15, 0.2) is 0 Å². The molecule has 2 aliphatic heterocycles. The summed E-state index contributed by atoms with van der Waals surface area (Å²) >= 11 is 0. The van der Waals surface area contributed by atoms with Crippen LogP contribution in [-0.2, 0) is 0 Å². The first-order valence-corrected chi connectivity index (χ1v) is 5.99. The van der Waals surface area contributed by atoms with Gasteiger partial charge in [0.2, 0.25) is 0 Å². The van der Waals surface area contributed by atoms with E-state index < -0.39 is 18.6 Å². The lowest BCUT2D eigenvalue weighted by Crippen LogP contribution is -2.48. The molecule has 2 fully saturated rings. The molecule has 2 aliphatic rings. The number of fused-ring (bicyclic) bond motifs is 2. The summed E-state index contributed by atoms with van der Waals surface area (Å²) in [6, 6.07) is -0.173. The van der Waals surface area contributed by atoms with Crippen molar-refractivity contribution in [3.63, 3.8) is 0 Å². The smallest absolute Gasteiger partial charge is 0.311 e. The molecule has 0 radical (unpaired) electrons. The van der Waals surface area contributed by atoms with Gasteiger partial charge in [-0.25, -0.2) is 0 Å². The van der Waals surface area contributed by atoms with E-state index in [1.807, 2.05) is 0 Å². The number of nitrogens with one attached hydrogen (secondary N) is 1. The quantitative estimate of drug-likeness (QED) is 0.806. The molecule has 2 rings (SSSR count). The summed E-state index contributed by atoms with van der Waals surface area (Å²) in [7, 11) is 0. The highest BCUT2D eigenvalue weighted by Crippen LogP contribution is 2.28. The standard InChI is InChI=1S/C11H19F3N2/c1-8(6-11(12,13)14)15-10-3-5-16-4-2-9(10)7-16/h8-10,15H,2-7H2,1H3. The van der Waals surface area contributed by atoms with E-state index in [1.165, 1.54) is 0 Å². The molecule has 0 aromatic carbocycles. The largest absolute Gasteiger partial charge is 0.390 e. The van der Waals surface area contributed by atoms with E-state index in [1.54, 1.807) is 6.92 Å². The summed E-state index contributed by atoms with van der Waals surface area (Å²) in [4.78, 5) is 2.40. The molecule has 0 amide bonds. The lowest BCUT2D eigenvalue weighted by molar-refractivity contribution is -0.139. The Morgan fingerprint density at radius 1 is 1.31 bits per heavy atom. The summed E-state index contributed by atoms with van der Waals surface area (Å²) in [6.45, 7) is 4.86. The van der Waals surface area contributed by atoms with E-state index in [2.05, 4.69) is 10.2 Å². The van der Waals surface area contributed by atoms with E-state index in [4.69, 9.17) is 0 Å². The molecule has 0 aromatic heterocycles. The zero-order valence-corrected chi connectivity index (χ0v) is 9.56. The number of hydrogen-bond donors (Lipinski definition) is 1. The number of hydrogen-bond acceptors (Lipinski definition) is 2. The fourth-order valence-corrected chi connectivity index (χ4v) is 2.94. The van der Waals surface area contributed by atoms with Crippen molar-refractivity contribution in [2.45, 2.75) is 44.4 Å². The van der Waals surface area contributed by atoms with Crippen molar-refractivity contribution in [2.24, 2.45) is 5.92 Å². The van der Waals surface area contributed by atoms with Crippen LogP contribution < -0.4 is 5.32 Å². The van der Waals surface area contributed by atoms with Gasteiger partial charge in [-0.2, -0.15) is 13.2 Å². The highest BCUT2D eigenvalue weighted by Gasteiger charge is 2.36. The van der Waals surface area contributed by atoms with Crippen LogP contribution >= 0.6 is 0 Å². The van der Waals surface area contributed by atoms with Gasteiger partial charge in [0.25, 0.3) is 0 Å². The lowest BCUT2D eigenvalue weighted by atomic mass is 9.93. The molecule has 16 heavy (non-hydrogen) atoms. The first-order chi connectivity index (χ1) is 7.44. The monoisotopic (exact) mass is 236 g/mol. The van der Waals surface area contributed by atoms with Gasteiger partial charge in [0.05, 0.1) is 6.42 Å². The van der Waals surface area contributed by atoms with Crippen LogP contribution in [0.4, 0.5) is 13.2 Å². The molecular weight excluding hydrogens is 217 g/mol. The number of nitrogens with zero attached hydrogens (tertiary/aromatic N) is 1. The van der Waals surface area contributed by atoms with Crippen LogP contribution in [0.1, 0.15) is 26.2 Å². The van der Waals surface area contributed by atoms with Gasteiger partial charge in [-0.3, -0.25) is 0 Å². The van der Waals surface area contributed by atoms with Gasteiger partial charge in [0.15, 0.2) is 0 Å². The van der Waals surface area contributed by atoms with Crippen LogP contribution in [0.5, 0.6) is 0 Å². The van der Waals surface area contributed by atoms with E-state index in [0.29, 0.717) is 5.92 Å². The van der Waals surface area contributed by atoms with E-state index in [9.17, 15) is 13.2 Å². The van der Waals surface area contributed by atoms with Crippen LogP contribution in [0.25, 0.3) is 0 Å². The first-order valence-electron chi connectivity index (χ1n) is 5.99. The number of piperidine rings is 1. The molecule has 1 N–H and O–H groups in total. The minimum absolute atomic E-state index is 0.288. The highest BCUT2D eigenvalue weighted by molar-refractivity contribution is 4.91. The molecule has 0 spiro atoms. The van der Waals surface area contributed by atoms with Crippen LogP contribution in [0.3, 0.4) is 0 Å². The van der Waals surface area contributed by atoms with Gasteiger partial charge in [-0.1, -0.05) is 0 Å². The second-order valence-electron chi connectivity index (χ2n) is 5.13. The van der Waals surface area contributed by atoms with Crippen molar-refractivity contribution in [1.82, 2.24) is 10.2 Å². The fraction of sp³-hybridized carbons (Fsp3) is 1.00. The normalized spacial score (nSPS) is 36.4. The van der Waals surface area contributed by atoms with Crippen molar-refractivity contribution in [2.75, 3.05) is 19.6 Å². The zero-order chi connectivity index (χ0) is 11.8. The third-order valence-electron chi connectivity index (χ3n) is 3.67. The molecule has 4 atom stereocenters. The minimum Gasteiger partial charge on any atom is -0.311 e. The molecule has 94 valence electrons. The van der Waals surface area contributed by atoms with Gasteiger partial charge < -0.3 is 10.2 Å². The highest BCUT2D eigenvalue weighted by atomic mass is 19.4.